The van der Waals surface area contributed by atoms with E-state index < -0.39 is 11.6 Å². The molecular weight excluding hydrogens is 322 g/mol. The van der Waals surface area contributed by atoms with Gasteiger partial charge >= 0.3 is 0 Å². The molecule has 3 aliphatic rings. The molecule has 4 nitrogen and oxygen atoms in total. The summed E-state index contributed by atoms with van der Waals surface area (Å²) >= 11 is 0. The second-order valence-corrected chi connectivity index (χ2v) is 7.15. The van der Waals surface area contributed by atoms with Gasteiger partial charge < -0.3 is 5.32 Å². The number of piperidine rings is 3. The zero-order valence-corrected chi connectivity index (χ0v) is 14.5. The zero-order chi connectivity index (χ0) is 17.6. The number of aromatic nitrogens is 2. The summed E-state index contributed by atoms with van der Waals surface area (Å²) in [5, 5.41) is 11.8. The molecule has 0 saturated carbocycles. The Bertz CT molecular complexity index is 768. The largest absolute Gasteiger partial charge is 0.364 e. The van der Waals surface area contributed by atoms with Crippen molar-refractivity contribution in [2.75, 3.05) is 18.4 Å². The van der Waals surface area contributed by atoms with E-state index in [0.717, 1.165) is 0 Å². The Hall–Kier alpha value is -2.08. The van der Waals surface area contributed by atoms with E-state index in [2.05, 4.69) is 27.3 Å². The Morgan fingerprint density at radius 1 is 1.04 bits per heavy atom. The third kappa shape index (κ3) is 2.88. The average molecular weight is 344 g/mol. The minimum atomic E-state index is -0.874. The Balaban J connectivity index is 1.54. The first-order valence-corrected chi connectivity index (χ1v) is 8.84. The molecule has 0 spiro atoms. The van der Waals surface area contributed by atoms with Crippen molar-refractivity contribution in [1.29, 1.82) is 0 Å². The fourth-order valence-corrected chi connectivity index (χ4v) is 4.11. The Morgan fingerprint density at radius 3 is 2.44 bits per heavy atom. The van der Waals surface area contributed by atoms with E-state index in [1.807, 2.05) is 0 Å². The summed E-state index contributed by atoms with van der Waals surface area (Å²) in [6.07, 6.45) is 2.42. The molecule has 132 valence electrons. The van der Waals surface area contributed by atoms with Crippen LogP contribution in [0.3, 0.4) is 0 Å². The van der Waals surface area contributed by atoms with Crippen molar-refractivity contribution in [3.63, 3.8) is 0 Å². The van der Waals surface area contributed by atoms with Gasteiger partial charge in [-0.15, -0.1) is 10.2 Å². The molecule has 2 bridgehead atoms. The molecule has 3 aliphatic heterocycles. The number of benzene rings is 1. The number of fused-ring (bicyclic) bond motifs is 3. The molecule has 25 heavy (non-hydrogen) atoms. The van der Waals surface area contributed by atoms with E-state index in [4.69, 9.17) is 0 Å². The van der Waals surface area contributed by atoms with Crippen LogP contribution in [0, 0.1) is 24.5 Å². The number of halogens is 2. The molecular formula is C19H22F2N4. The van der Waals surface area contributed by atoms with Crippen molar-refractivity contribution < 1.29 is 8.78 Å². The van der Waals surface area contributed by atoms with E-state index in [9.17, 15) is 8.78 Å². The fourth-order valence-electron chi connectivity index (χ4n) is 4.11. The lowest BCUT2D eigenvalue weighted by molar-refractivity contribution is 0.0457. The summed E-state index contributed by atoms with van der Waals surface area (Å²) in [6, 6.07) is 7.41. The standard InChI is InChI=1S/C19H22F2N4/c1-11-3-4-14(18(21)17(11)20)15-5-6-16(24-23-15)22-19-12(2)25-9-7-13(19)8-10-25/h3-6,12-13,19H,7-10H2,1-2H3,(H,22,24)/t12-,19-/m1/s1. The van der Waals surface area contributed by atoms with Crippen molar-refractivity contribution in [3.05, 3.63) is 41.5 Å². The molecule has 0 radical (unpaired) electrons. The first kappa shape index (κ1) is 16.4. The molecule has 3 saturated heterocycles. The number of aryl methyl sites for hydroxylation is 1. The van der Waals surface area contributed by atoms with Crippen molar-refractivity contribution in [1.82, 2.24) is 15.1 Å². The van der Waals surface area contributed by atoms with Gasteiger partial charge in [-0.1, -0.05) is 6.07 Å². The van der Waals surface area contributed by atoms with Gasteiger partial charge in [0, 0.05) is 17.6 Å². The van der Waals surface area contributed by atoms with Gasteiger partial charge in [-0.25, -0.2) is 8.78 Å². The molecule has 4 heterocycles. The van der Waals surface area contributed by atoms with Crippen LogP contribution in [0.25, 0.3) is 11.3 Å². The van der Waals surface area contributed by atoms with Gasteiger partial charge in [0.15, 0.2) is 11.6 Å². The van der Waals surface area contributed by atoms with Gasteiger partial charge in [-0.3, -0.25) is 4.90 Å². The van der Waals surface area contributed by atoms with Crippen molar-refractivity contribution in [2.45, 2.75) is 38.8 Å². The first-order valence-electron chi connectivity index (χ1n) is 8.84. The minimum Gasteiger partial charge on any atom is -0.364 e. The molecule has 1 N–H and O–H groups in total. The second-order valence-electron chi connectivity index (χ2n) is 7.15. The fraction of sp³-hybridized carbons (Fsp3) is 0.474. The molecule has 3 fully saturated rings. The highest BCUT2D eigenvalue weighted by atomic mass is 19.2. The topological polar surface area (TPSA) is 41.0 Å². The van der Waals surface area contributed by atoms with E-state index in [1.54, 1.807) is 24.3 Å². The van der Waals surface area contributed by atoms with Crippen LogP contribution in [-0.2, 0) is 0 Å². The van der Waals surface area contributed by atoms with Crippen LogP contribution in [0.15, 0.2) is 24.3 Å². The zero-order valence-electron chi connectivity index (χ0n) is 14.5. The molecule has 1 aromatic heterocycles. The van der Waals surface area contributed by atoms with Gasteiger partial charge in [-0.05, 0) is 69.5 Å². The molecule has 2 aromatic rings. The maximum Gasteiger partial charge on any atom is 0.168 e. The van der Waals surface area contributed by atoms with Gasteiger partial charge in [0.25, 0.3) is 0 Å². The summed E-state index contributed by atoms with van der Waals surface area (Å²) < 4.78 is 27.9. The highest BCUT2D eigenvalue weighted by molar-refractivity contribution is 5.61. The van der Waals surface area contributed by atoms with Crippen LogP contribution in [0.4, 0.5) is 14.6 Å². The molecule has 1 aromatic carbocycles. The first-order chi connectivity index (χ1) is 12.0. The van der Waals surface area contributed by atoms with E-state index >= 15 is 0 Å². The lowest BCUT2D eigenvalue weighted by Crippen LogP contribution is -2.59. The highest BCUT2D eigenvalue weighted by Crippen LogP contribution is 2.34. The number of nitrogens with zero attached hydrogens (tertiary/aromatic N) is 3. The van der Waals surface area contributed by atoms with Crippen molar-refractivity contribution in [3.8, 4) is 11.3 Å². The lowest BCUT2D eigenvalue weighted by Gasteiger charge is -2.50. The Labute approximate surface area is 146 Å². The lowest BCUT2D eigenvalue weighted by atomic mass is 9.79. The van der Waals surface area contributed by atoms with Gasteiger partial charge in [0.2, 0.25) is 0 Å². The normalized spacial score (nSPS) is 28.2. The van der Waals surface area contributed by atoms with E-state index in [1.165, 1.54) is 32.9 Å². The molecule has 2 atom stereocenters. The summed E-state index contributed by atoms with van der Waals surface area (Å²) in [5.41, 5.74) is 0.756. The molecule has 0 aliphatic carbocycles. The molecule has 6 heteroatoms. The predicted molar refractivity (Wildman–Crippen MR) is 93.3 cm³/mol. The van der Waals surface area contributed by atoms with Crippen LogP contribution in [-0.4, -0.2) is 40.3 Å². The number of anilines is 1. The molecule has 0 amide bonds. The van der Waals surface area contributed by atoms with Crippen LogP contribution in [0.1, 0.15) is 25.3 Å². The van der Waals surface area contributed by atoms with E-state index in [0.29, 0.717) is 29.5 Å². The van der Waals surface area contributed by atoms with Gasteiger partial charge in [-0.2, -0.15) is 0 Å². The Morgan fingerprint density at radius 2 is 1.80 bits per heavy atom. The number of rotatable bonds is 3. The van der Waals surface area contributed by atoms with Crippen molar-refractivity contribution in [2.24, 2.45) is 5.92 Å². The van der Waals surface area contributed by atoms with Crippen LogP contribution >= 0.6 is 0 Å². The summed E-state index contributed by atoms with van der Waals surface area (Å²) in [4.78, 5) is 2.50. The van der Waals surface area contributed by atoms with Crippen LogP contribution in [0.5, 0.6) is 0 Å². The molecule has 5 rings (SSSR count). The quantitative estimate of drug-likeness (QED) is 0.923. The van der Waals surface area contributed by atoms with Gasteiger partial charge in [0.05, 0.1) is 5.69 Å². The SMILES string of the molecule is Cc1ccc(-c2ccc(N[C@H]3C4CCN(CC4)[C@@H]3C)nn2)c(F)c1F. The Kier molecular flexibility index (Phi) is 4.15. The van der Waals surface area contributed by atoms with E-state index in [-0.39, 0.29) is 11.1 Å². The monoisotopic (exact) mass is 344 g/mol. The predicted octanol–water partition coefficient (Wildman–Crippen LogP) is 3.62. The second kappa shape index (κ2) is 6.33. The van der Waals surface area contributed by atoms with Gasteiger partial charge in [0.1, 0.15) is 5.82 Å². The van der Waals surface area contributed by atoms with Crippen molar-refractivity contribution >= 4 is 5.82 Å². The number of nitrogens with one attached hydrogen (secondary N) is 1. The smallest absolute Gasteiger partial charge is 0.168 e. The summed E-state index contributed by atoms with van der Waals surface area (Å²) in [5.74, 6) is -0.365. The number of hydrogen-bond acceptors (Lipinski definition) is 4. The van der Waals surface area contributed by atoms with Crippen LogP contribution < -0.4 is 5.32 Å². The summed E-state index contributed by atoms with van der Waals surface area (Å²) in [7, 11) is 0. The number of hydrogen-bond donors (Lipinski definition) is 1. The minimum absolute atomic E-state index is 0.137. The third-order valence-corrected chi connectivity index (χ3v) is 5.71. The highest BCUT2D eigenvalue weighted by Gasteiger charge is 2.39. The third-order valence-electron chi connectivity index (χ3n) is 5.71. The van der Waals surface area contributed by atoms with Crippen LogP contribution in [0.2, 0.25) is 0 Å². The summed E-state index contributed by atoms with van der Waals surface area (Å²) in [6.45, 7) is 6.13. The maximum atomic E-state index is 14.1. The molecule has 0 unspecified atom stereocenters. The maximum absolute atomic E-state index is 14.1. The average Bonchev–Trinajstić information content (AvgIpc) is 2.64.